The molecular formula is C54H42BO2Si2. The summed E-state index contributed by atoms with van der Waals surface area (Å²) in [5.41, 5.74) is 4.67. The highest BCUT2D eigenvalue weighted by molar-refractivity contribution is 7.22. The van der Waals surface area contributed by atoms with Crippen LogP contribution in [0.5, 0.6) is 5.75 Å². The van der Waals surface area contributed by atoms with Crippen molar-refractivity contribution >= 4 is 65.3 Å². The highest BCUT2D eigenvalue weighted by Gasteiger charge is 2.46. The SMILES string of the molecule is O[B]Oc1cc([Si](c2ccccc2)(c2ccccc2)c2cccc(-c3ccccc3)c2)cc([Si](c2ccccc2)(c2ccccc2)c2cccc(-c3ccccc3)c2)c1. The second-order valence-electron chi connectivity index (χ2n) is 14.8. The Hall–Kier alpha value is -6.76. The molecule has 0 saturated heterocycles. The van der Waals surface area contributed by atoms with Gasteiger partial charge in [-0.25, -0.2) is 0 Å². The highest BCUT2D eigenvalue weighted by Crippen LogP contribution is 2.23. The van der Waals surface area contributed by atoms with Crippen molar-refractivity contribution in [1.29, 1.82) is 0 Å². The van der Waals surface area contributed by atoms with E-state index in [0.717, 1.165) is 29.2 Å². The van der Waals surface area contributed by atoms with Crippen LogP contribution in [0.25, 0.3) is 22.3 Å². The maximum absolute atomic E-state index is 10.4. The molecule has 0 bridgehead atoms. The summed E-state index contributed by atoms with van der Waals surface area (Å²) in [7, 11) is -5.49. The fourth-order valence-corrected chi connectivity index (χ4v) is 18.9. The molecule has 1 N–H and O–H groups in total. The molecular weight excluding hydrogens is 748 g/mol. The van der Waals surface area contributed by atoms with Gasteiger partial charge in [-0.2, -0.15) is 0 Å². The largest absolute Gasteiger partial charge is 0.569 e. The van der Waals surface area contributed by atoms with Crippen LogP contribution in [0.15, 0.2) is 249 Å². The minimum absolute atomic E-state index is 0.589. The Kier molecular flexibility index (Phi) is 10.9. The zero-order valence-electron chi connectivity index (χ0n) is 32.6. The first-order valence-corrected chi connectivity index (χ1v) is 24.0. The van der Waals surface area contributed by atoms with Gasteiger partial charge in [0.15, 0.2) is 16.1 Å². The lowest BCUT2D eigenvalue weighted by Crippen LogP contribution is -2.78. The Balaban J connectivity index is 1.43. The number of rotatable bonds is 12. The molecule has 0 unspecified atom stereocenters. The molecule has 0 atom stereocenters. The maximum atomic E-state index is 10.4. The van der Waals surface area contributed by atoms with E-state index in [1.165, 1.54) is 42.2 Å². The molecule has 0 spiro atoms. The van der Waals surface area contributed by atoms with Gasteiger partial charge < -0.3 is 9.68 Å². The molecule has 9 aromatic rings. The molecule has 9 rings (SSSR count). The quantitative estimate of drug-likeness (QED) is 0.111. The van der Waals surface area contributed by atoms with Gasteiger partial charge in [-0.3, -0.25) is 0 Å². The lowest BCUT2D eigenvalue weighted by molar-refractivity contribution is 0.454. The van der Waals surface area contributed by atoms with Crippen LogP contribution in [0.2, 0.25) is 0 Å². The summed E-state index contributed by atoms with van der Waals surface area (Å²) < 4.78 is 6.15. The van der Waals surface area contributed by atoms with Crippen LogP contribution < -0.4 is 46.1 Å². The molecule has 0 aliphatic rings. The fraction of sp³-hybridized carbons (Fsp3) is 0. The first-order chi connectivity index (χ1) is 29.2. The molecule has 2 nitrogen and oxygen atoms in total. The average Bonchev–Trinajstić information content (AvgIpc) is 3.32. The van der Waals surface area contributed by atoms with Gasteiger partial charge in [-0.15, -0.1) is 0 Å². The first kappa shape index (κ1) is 37.8. The van der Waals surface area contributed by atoms with Crippen LogP contribution in [0.4, 0.5) is 0 Å². The smallest absolute Gasteiger partial charge is 0.537 e. The van der Waals surface area contributed by atoms with Gasteiger partial charge in [0, 0.05) is 0 Å². The monoisotopic (exact) mass is 789 g/mol. The van der Waals surface area contributed by atoms with E-state index in [9.17, 15) is 5.02 Å². The second-order valence-corrected chi connectivity index (χ2v) is 22.4. The topological polar surface area (TPSA) is 29.5 Å². The van der Waals surface area contributed by atoms with Crippen LogP contribution in [0.1, 0.15) is 0 Å². The Morgan fingerprint density at radius 3 is 0.881 bits per heavy atom. The molecule has 0 amide bonds. The molecule has 9 aromatic carbocycles. The van der Waals surface area contributed by atoms with E-state index in [1.807, 2.05) is 0 Å². The molecule has 5 heteroatoms. The molecule has 0 aliphatic heterocycles. The van der Waals surface area contributed by atoms with Gasteiger partial charge in [-0.1, -0.05) is 237 Å². The zero-order valence-corrected chi connectivity index (χ0v) is 34.6. The van der Waals surface area contributed by atoms with Crippen molar-refractivity contribution in [3.05, 3.63) is 249 Å². The first-order valence-electron chi connectivity index (χ1n) is 20.0. The number of hydrogen-bond acceptors (Lipinski definition) is 2. The Morgan fingerprint density at radius 2 is 0.559 bits per heavy atom. The molecule has 59 heavy (non-hydrogen) atoms. The normalized spacial score (nSPS) is 11.5. The predicted molar refractivity (Wildman–Crippen MR) is 253 cm³/mol. The standard InChI is InChI=1S/C54H42BO2Si2/c56-55-57-46-39-53(58(47-27-11-3-12-28-47,48-29-13-4-14-30-48)51-35-19-25-44(37-51)42-21-7-1-8-22-42)41-54(40-46)59(49-31-15-5-16-32-49,50-33-17-6-18-34-50)52-36-20-26-45(38-52)43-23-9-2-10-24-43/h1-41,56H. The lowest BCUT2D eigenvalue weighted by Gasteiger charge is -2.38. The van der Waals surface area contributed by atoms with Gasteiger partial charge in [0.2, 0.25) is 0 Å². The van der Waals surface area contributed by atoms with Crippen molar-refractivity contribution < 1.29 is 9.68 Å². The van der Waals surface area contributed by atoms with E-state index < -0.39 is 16.1 Å². The molecule has 1 radical (unpaired) electrons. The molecule has 281 valence electrons. The van der Waals surface area contributed by atoms with Gasteiger partial charge >= 0.3 is 7.69 Å². The van der Waals surface area contributed by atoms with Crippen molar-refractivity contribution in [1.82, 2.24) is 0 Å². The molecule has 0 saturated carbocycles. The van der Waals surface area contributed by atoms with E-state index in [2.05, 4.69) is 249 Å². The minimum Gasteiger partial charge on any atom is -0.537 e. The third kappa shape index (κ3) is 7.10. The van der Waals surface area contributed by atoms with E-state index in [4.69, 9.17) is 4.65 Å². The second kappa shape index (κ2) is 17.0. The van der Waals surface area contributed by atoms with Crippen molar-refractivity contribution in [2.45, 2.75) is 0 Å². The van der Waals surface area contributed by atoms with Crippen LogP contribution >= 0.6 is 0 Å². The third-order valence-electron chi connectivity index (χ3n) is 11.6. The maximum Gasteiger partial charge on any atom is 0.569 e. The zero-order chi connectivity index (χ0) is 39.9. The molecule has 0 fully saturated rings. The van der Waals surface area contributed by atoms with Crippen LogP contribution in [-0.2, 0) is 0 Å². The number of benzene rings is 9. The highest BCUT2D eigenvalue weighted by atomic mass is 28.3. The van der Waals surface area contributed by atoms with Crippen molar-refractivity contribution in [2.24, 2.45) is 0 Å². The van der Waals surface area contributed by atoms with E-state index >= 15 is 0 Å². The Labute approximate surface area is 350 Å². The van der Waals surface area contributed by atoms with Crippen molar-refractivity contribution in [2.75, 3.05) is 0 Å². The van der Waals surface area contributed by atoms with E-state index in [0.29, 0.717) is 5.75 Å². The van der Waals surface area contributed by atoms with Gasteiger partial charge in [0.25, 0.3) is 0 Å². The Bertz CT molecular complexity index is 2500. The minimum atomic E-state index is -3.15. The molecule has 0 heterocycles. The molecule has 0 aliphatic carbocycles. The molecule has 0 aromatic heterocycles. The summed E-state index contributed by atoms with van der Waals surface area (Å²) in [6.45, 7) is 0. The van der Waals surface area contributed by atoms with Crippen molar-refractivity contribution in [3.63, 3.8) is 0 Å². The Morgan fingerprint density at radius 1 is 0.271 bits per heavy atom. The van der Waals surface area contributed by atoms with E-state index in [1.54, 1.807) is 0 Å². The van der Waals surface area contributed by atoms with Crippen LogP contribution in [-0.4, -0.2) is 28.9 Å². The fourth-order valence-electron chi connectivity index (χ4n) is 9.04. The van der Waals surface area contributed by atoms with E-state index in [-0.39, 0.29) is 0 Å². The van der Waals surface area contributed by atoms with Crippen LogP contribution in [0, 0.1) is 0 Å². The summed E-state index contributed by atoms with van der Waals surface area (Å²) in [4.78, 5) is 0. The summed E-state index contributed by atoms with van der Waals surface area (Å²) in [6, 6.07) is 90.4. The van der Waals surface area contributed by atoms with Gasteiger partial charge in [0.1, 0.15) is 0 Å². The summed E-state index contributed by atoms with van der Waals surface area (Å²) in [5, 5.41) is 20.3. The summed E-state index contributed by atoms with van der Waals surface area (Å²) in [5.74, 6) is 0.589. The number of hydrogen-bond donors (Lipinski definition) is 1. The lowest BCUT2D eigenvalue weighted by atomic mass is 10.1. The predicted octanol–water partition coefficient (Wildman–Crippen LogP) is 6.68. The third-order valence-corrected chi connectivity index (χ3v) is 21.1. The van der Waals surface area contributed by atoms with Crippen molar-refractivity contribution in [3.8, 4) is 28.0 Å². The summed E-state index contributed by atoms with van der Waals surface area (Å²) in [6.07, 6.45) is 0. The summed E-state index contributed by atoms with van der Waals surface area (Å²) >= 11 is 0. The van der Waals surface area contributed by atoms with Gasteiger partial charge in [-0.05, 0) is 75.9 Å². The van der Waals surface area contributed by atoms with Crippen LogP contribution in [0.3, 0.4) is 0 Å². The average molecular weight is 790 g/mol. The van der Waals surface area contributed by atoms with Gasteiger partial charge in [0.05, 0.1) is 5.75 Å².